The molecule has 0 aliphatic carbocycles. The third-order valence-corrected chi connectivity index (χ3v) is 3.68. The average molecular weight is 296 g/mol. The first kappa shape index (κ1) is 15.0. The zero-order chi connectivity index (χ0) is 14.8. The van der Waals surface area contributed by atoms with Crippen molar-refractivity contribution in [2.45, 2.75) is 57.1 Å². The van der Waals surface area contributed by atoms with E-state index in [2.05, 4.69) is 20.4 Å². The normalized spacial score (nSPS) is 12.1. The van der Waals surface area contributed by atoms with Gasteiger partial charge in [0.2, 0.25) is 11.8 Å². The Kier molecular flexibility index (Phi) is 4.44. The molecule has 0 radical (unpaired) electrons. The number of hydrogen-bond acceptors (Lipinski definition) is 7. The molecule has 0 aromatic carbocycles. The zero-order valence-electron chi connectivity index (χ0n) is 12.3. The van der Waals surface area contributed by atoms with Gasteiger partial charge in [-0.15, -0.1) is 20.4 Å². The molecule has 2 aromatic rings. The van der Waals surface area contributed by atoms with Gasteiger partial charge in [-0.2, -0.15) is 0 Å². The van der Waals surface area contributed by atoms with Gasteiger partial charge in [-0.05, 0) is 6.92 Å². The van der Waals surface area contributed by atoms with Crippen molar-refractivity contribution in [3.05, 3.63) is 17.6 Å². The summed E-state index contributed by atoms with van der Waals surface area (Å²) < 4.78 is 7.64. The minimum atomic E-state index is -0.133. The van der Waals surface area contributed by atoms with Crippen LogP contribution in [-0.4, -0.2) is 25.0 Å². The molecule has 0 saturated heterocycles. The minimum absolute atomic E-state index is 0.133. The van der Waals surface area contributed by atoms with Crippen LogP contribution in [0.2, 0.25) is 0 Å². The quantitative estimate of drug-likeness (QED) is 0.839. The molecule has 0 unspecified atom stereocenters. The summed E-state index contributed by atoms with van der Waals surface area (Å²) in [5.74, 6) is 2.61. The maximum absolute atomic E-state index is 5.65. The van der Waals surface area contributed by atoms with Crippen LogP contribution in [0, 0.1) is 0 Å². The molecule has 110 valence electrons. The third-order valence-electron chi connectivity index (χ3n) is 2.73. The maximum Gasteiger partial charge on any atom is 0.226 e. The summed E-state index contributed by atoms with van der Waals surface area (Å²) in [6, 6.07) is 0. The van der Waals surface area contributed by atoms with E-state index >= 15 is 0 Å². The monoisotopic (exact) mass is 296 g/mol. The Balaban J connectivity index is 2.05. The van der Waals surface area contributed by atoms with Crippen LogP contribution in [0.4, 0.5) is 0 Å². The molecule has 0 amide bonds. The van der Waals surface area contributed by atoms with E-state index < -0.39 is 0 Å². The van der Waals surface area contributed by atoms with Crippen molar-refractivity contribution in [3.63, 3.8) is 0 Å². The minimum Gasteiger partial charge on any atom is -0.424 e. The van der Waals surface area contributed by atoms with Crippen molar-refractivity contribution >= 4 is 11.8 Å². The Bertz CT molecular complexity index is 571. The smallest absolute Gasteiger partial charge is 0.226 e. The van der Waals surface area contributed by atoms with Gasteiger partial charge in [-0.1, -0.05) is 32.5 Å². The fourth-order valence-corrected chi connectivity index (χ4v) is 2.49. The van der Waals surface area contributed by atoms with E-state index in [1.165, 1.54) is 11.8 Å². The molecule has 0 aliphatic rings. The van der Waals surface area contributed by atoms with Crippen LogP contribution >= 0.6 is 11.8 Å². The maximum atomic E-state index is 5.65. The zero-order valence-corrected chi connectivity index (χ0v) is 13.1. The van der Waals surface area contributed by atoms with Gasteiger partial charge in [0.25, 0.3) is 0 Å². The van der Waals surface area contributed by atoms with Crippen LogP contribution in [0.15, 0.2) is 9.57 Å². The number of hydrogen-bond donors (Lipinski definition) is 1. The summed E-state index contributed by atoms with van der Waals surface area (Å²) >= 11 is 1.52. The first-order valence-electron chi connectivity index (χ1n) is 6.53. The van der Waals surface area contributed by atoms with Crippen LogP contribution in [0.25, 0.3) is 0 Å². The van der Waals surface area contributed by atoms with Gasteiger partial charge in [-0.25, -0.2) is 0 Å². The van der Waals surface area contributed by atoms with Crippen LogP contribution in [0.5, 0.6) is 0 Å². The highest BCUT2D eigenvalue weighted by Crippen LogP contribution is 2.24. The molecule has 2 aromatic heterocycles. The fraction of sp³-hybridized carbons (Fsp3) is 0.667. The third kappa shape index (κ3) is 3.18. The molecule has 7 nitrogen and oxygen atoms in total. The Hall–Kier alpha value is -1.41. The molecule has 0 saturated carbocycles. The Morgan fingerprint density at radius 2 is 1.95 bits per heavy atom. The molecule has 0 spiro atoms. The standard InChI is InChI=1S/C12H20N6OS/c1-5-18-8(6-13)14-17-11(18)20-7-9-15-16-10(19-9)12(2,3)4/h5-7,13H2,1-4H3. The number of aromatic nitrogens is 5. The summed E-state index contributed by atoms with van der Waals surface area (Å²) in [6.07, 6.45) is 0. The average Bonchev–Trinajstić information content (AvgIpc) is 3.01. The predicted molar refractivity (Wildman–Crippen MR) is 76.1 cm³/mol. The second-order valence-corrected chi connectivity index (χ2v) is 6.33. The second-order valence-electron chi connectivity index (χ2n) is 5.39. The van der Waals surface area contributed by atoms with Crippen LogP contribution in [-0.2, 0) is 24.3 Å². The SMILES string of the molecule is CCn1c(CN)nnc1SCc1nnc(C(C)(C)C)o1. The Morgan fingerprint density at radius 3 is 2.50 bits per heavy atom. The highest BCUT2D eigenvalue weighted by molar-refractivity contribution is 7.98. The van der Waals surface area contributed by atoms with E-state index in [-0.39, 0.29) is 5.41 Å². The lowest BCUT2D eigenvalue weighted by Crippen LogP contribution is -2.11. The molecule has 0 atom stereocenters. The first-order chi connectivity index (χ1) is 9.45. The van der Waals surface area contributed by atoms with E-state index in [0.717, 1.165) is 17.5 Å². The lowest BCUT2D eigenvalue weighted by atomic mass is 9.97. The van der Waals surface area contributed by atoms with Crippen LogP contribution < -0.4 is 5.73 Å². The molecule has 2 rings (SSSR count). The van der Waals surface area contributed by atoms with Crippen molar-refractivity contribution in [1.82, 2.24) is 25.0 Å². The van der Waals surface area contributed by atoms with Gasteiger partial charge in [0.15, 0.2) is 5.16 Å². The van der Waals surface area contributed by atoms with Gasteiger partial charge < -0.3 is 14.7 Å². The van der Waals surface area contributed by atoms with Gasteiger partial charge in [0.1, 0.15) is 5.82 Å². The molecule has 8 heteroatoms. The van der Waals surface area contributed by atoms with Gasteiger partial charge in [0.05, 0.1) is 12.3 Å². The van der Waals surface area contributed by atoms with Crippen molar-refractivity contribution in [2.75, 3.05) is 0 Å². The highest BCUT2D eigenvalue weighted by atomic mass is 32.2. The molecule has 0 bridgehead atoms. The molecule has 0 aliphatic heterocycles. The van der Waals surface area contributed by atoms with E-state index in [4.69, 9.17) is 10.2 Å². The second kappa shape index (κ2) is 5.92. The largest absolute Gasteiger partial charge is 0.424 e. The summed E-state index contributed by atoms with van der Waals surface area (Å²) in [5.41, 5.74) is 5.49. The number of nitrogens with two attached hydrogens (primary N) is 1. The van der Waals surface area contributed by atoms with Gasteiger partial charge >= 0.3 is 0 Å². The predicted octanol–water partition coefficient (Wildman–Crippen LogP) is 1.73. The lowest BCUT2D eigenvalue weighted by Gasteiger charge is -2.10. The number of thioether (sulfide) groups is 1. The molecular weight excluding hydrogens is 276 g/mol. The topological polar surface area (TPSA) is 95.7 Å². The fourth-order valence-electron chi connectivity index (χ4n) is 1.64. The van der Waals surface area contributed by atoms with Crippen LogP contribution in [0.1, 0.15) is 45.3 Å². The number of nitrogens with zero attached hydrogens (tertiary/aromatic N) is 5. The summed E-state index contributed by atoms with van der Waals surface area (Å²) in [5, 5.41) is 17.2. The van der Waals surface area contributed by atoms with Crippen molar-refractivity contribution in [3.8, 4) is 0 Å². The lowest BCUT2D eigenvalue weighted by molar-refractivity contribution is 0.378. The van der Waals surface area contributed by atoms with E-state index in [0.29, 0.717) is 24.1 Å². The molecule has 2 N–H and O–H groups in total. The van der Waals surface area contributed by atoms with Crippen molar-refractivity contribution < 1.29 is 4.42 Å². The Morgan fingerprint density at radius 1 is 1.20 bits per heavy atom. The van der Waals surface area contributed by atoms with Crippen molar-refractivity contribution in [2.24, 2.45) is 5.73 Å². The highest BCUT2D eigenvalue weighted by Gasteiger charge is 2.21. The van der Waals surface area contributed by atoms with E-state index in [9.17, 15) is 0 Å². The first-order valence-corrected chi connectivity index (χ1v) is 7.52. The van der Waals surface area contributed by atoms with E-state index in [1.54, 1.807) is 0 Å². The van der Waals surface area contributed by atoms with Gasteiger partial charge in [-0.3, -0.25) is 0 Å². The molecule has 0 fully saturated rings. The molecule has 2 heterocycles. The van der Waals surface area contributed by atoms with E-state index in [1.807, 2.05) is 32.3 Å². The summed E-state index contributed by atoms with van der Waals surface area (Å²) in [7, 11) is 0. The van der Waals surface area contributed by atoms with Gasteiger partial charge in [0, 0.05) is 12.0 Å². The van der Waals surface area contributed by atoms with Crippen molar-refractivity contribution in [1.29, 1.82) is 0 Å². The summed E-state index contributed by atoms with van der Waals surface area (Å²) in [4.78, 5) is 0. The number of rotatable bonds is 5. The molecule has 20 heavy (non-hydrogen) atoms. The molecular formula is C12H20N6OS. The van der Waals surface area contributed by atoms with Crippen LogP contribution in [0.3, 0.4) is 0 Å². The Labute approximate surface area is 122 Å². The summed E-state index contributed by atoms with van der Waals surface area (Å²) in [6.45, 7) is 9.34.